The minimum absolute atomic E-state index is 0.133. The molecule has 1 N–H and O–H groups in total. The summed E-state index contributed by atoms with van der Waals surface area (Å²) < 4.78 is 5.29. The van der Waals surface area contributed by atoms with Gasteiger partial charge in [-0.1, -0.05) is 42.0 Å². The smallest absolute Gasteiger partial charge is 0.231 e. The van der Waals surface area contributed by atoms with Gasteiger partial charge in [0, 0.05) is 17.9 Å². The topological polar surface area (TPSA) is 73.6 Å². The van der Waals surface area contributed by atoms with Crippen LogP contribution in [0.2, 0.25) is 0 Å². The number of carbonyl (C=O) groups excluding carboxylic acids is 1. The number of allylic oxidation sites excluding steroid dienone is 1. The summed E-state index contributed by atoms with van der Waals surface area (Å²) in [6.07, 6.45) is 0.133. The highest BCUT2D eigenvalue weighted by Gasteiger charge is 2.51. The maximum absolute atomic E-state index is 13.1. The third kappa shape index (κ3) is 2.88. The van der Waals surface area contributed by atoms with Crippen molar-refractivity contribution in [2.75, 3.05) is 12.9 Å². The van der Waals surface area contributed by atoms with Crippen LogP contribution >= 0.6 is 11.8 Å². The van der Waals surface area contributed by atoms with Gasteiger partial charge in [-0.05, 0) is 24.6 Å². The van der Waals surface area contributed by atoms with Crippen molar-refractivity contribution in [1.82, 2.24) is 4.90 Å². The second-order valence-corrected chi connectivity index (χ2v) is 8.03. The number of benzene rings is 2. The van der Waals surface area contributed by atoms with Crippen molar-refractivity contribution in [3.63, 3.8) is 0 Å². The largest absolute Gasteiger partial charge is 0.497 e. The normalized spacial score (nSPS) is 24.1. The highest BCUT2D eigenvalue weighted by molar-refractivity contribution is 8.03. The van der Waals surface area contributed by atoms with E-state index >= 15 is 0 Å². The number of aryl methyl sites for hydroxylation is 1. The second kappa shape index (κ2) is 7.01. The van der Waals surface area contributed by atoms with E-state index in [1.807, 2.05) is 55.5 Å². The molecule has 0 spiro atoms. The summed E-state index contributed by atoms with van der Waals surface area (Å²) in [4.78, 5) is 14.5. The highest BCUT2D eigenvalue weighted by Crippen LogP contribution is 2.51. The van der Waals surface area contributed by atoms with Gasteiger partial charge in [-0.2, -0.15) is 5.26 Å². The van der Waals surface area contributed by atoms with Gasteiger partial charge in [0.05, 0.1) is 29.5 Å². The Labute approximate surface area is 168 Å². The fraction of sp³-hybridized carbons (Fsp3) is 0.273. The Morgan fingerprint density at radius 3 is 2.71 bits per heavy atom. The fourth-order valence-electron chi connectivity index (χ4n) is 3.80. The Bertz CT molecular complexity index is 1010. The standard InChI is InChI=1S/C22H20N2O3S/c1-14-6-8-16(9-7-14)22(26)13-28-21-19(12-23)18(11-20(25)24(21)22)15-4-3-5-17(10-15)27-2/h3-10,18,26H,11,13H2,1-2H3/t18-,22+/m1/s1. The molecule has 0 bridgehead atoms. The number of hydrogen-bond donors (Lipinski definition) is 1. The maximum atomic E-state index is 13.1. The third-order valence-corrected chi connectivity index (χ3v) is 6.54. The molecule has 2 aliphatic rings. The van der Waals surface area contributed by atoms with E-state index in [2.05, 4.69) is 6.07 Å². The average molecular weight is 392 g/mol. The van der Waals surface area contributed by atoms with Crippen molar-refractivity contribution in [3.05, 3.63) is 75.8 Å². The average Bonchev–Trinajstić information content (AvgIpc) is 3.07. The Morgan fingerprint density at radius 1 is 1.29 bits per heavy atom. The number of nitriles is 1. The second-order valence-electron chi connectivity index (χ2n) is 7.06. The van der Waals surface area contributed by atoms with Crippen molar-refractivity contribution < 1.29 is 14.6 Å². The van der Waals surface area contributed by atoms with Gasteiger partial charge in [0.2, 0.25) is 5.91 Å². The molecule has 0 radical (unpaired) electrons. The van der Waals surface area contributed by atoms with Gasteiger partial charge in [0.15, 0.2) is 5.72 Å². The number of rotatable bonds is 3. The summed E-state index contributed by atoms with van der Waals surface area (Å²) in [6, 6.07) is 17.3. The lowest BCUT2D eigenvalue weighted by atomic mass is 9.85. The number of carbonyl (C=O) groups is 1. The first kappa shape index (κ1) is 18.6. The summed E-state index contributed by atoms with van der Waals surface area (Å²) >= 11 is 1.36. The van der Waals surface area contributed by atoms with E-state index < -0.39 is 5.72 Å². The minimum atomic E-state index is -1.44. The molecule has 4 rings (SSSR count). The van der Waals surface area contributed by atoms with Crippen LogP contribution < -0.4 is 4.74 Å². The highest BCUT2D eigenvalue weighted by atomic mass is 32.2. The summed E-state index contributed by atoms with van der Waals surface area (Å²) in [7, 11) is 1.59. The summed E-state index contributed by atoms with van der Waals surface area (Å²) in [5.41, 5.74) is 1.68. The van der Waals surface area contributed by atoms with Gasteiger partial charge in [-0.3, -0.25) is 9.69 Å². The number of thioether (sulfide) groups is 1. The van der Waals surface area contributed by atoms with E-state index in [0.29, 0.717) is 27.7 Å². The number of amides is 1. The molecule has 142 valence electrons. The summed E-state index contributed by atoms with van der Waals surface area (Å²) in [5, 5.41) is 21.8. The lowest BCUT2D eigenvalue weighted by Crippen LogP contribution is -2.48. The van der Waals surface area contributed by atoms with Crippen molar-refractivity contribution >= 4 is 17.7 Å². The number of aliphatic hydroxyl groups is 1. The van der Waals surface area contributed by atoms with Crippen molar-refractivity contribution in [3.8, 4) is 11.8 Å². The Kier molecular flexibility index (Phi) is 4.66. The van der Waals surface area contributed by atoms with Crippen LogP contribution in [0.3, 0.4) is 0 Å². The molecule has 0 aliphatic carbocycles. The van der Waals surface area contributed by atoms with E-state index in [0.717, 1.165) is 11.1 Å². The molecular formula is C22H20N2O3S. The van der Waals surface area contributed by atoms with Gasteiger partial charge >= 0.3 is 0 Å². The van der Waals surface area contributed by atoms with Gasteiger partial charge < -0.3 is 9.84 Å². The van der Waals surface area contributed by atoms with Crippen LogP contribution in [0.25, 0.3) is 0 Å². The first-order chi connectivity index (χ1) is 13.5. The zero-order valence-electron chi connectivity index (χ0n) is 15.7. The molecule has 1 fully saturated rings. The molecule has 2 aliphatic heterocycles. The van der Waals surface area contributed by atoms with Gasteiger partial charge in [0.1, 0.15) is 5.75 Å². The van der Waals surface area contributed by atoms with Crippen LogP contribution in [0.15, 0.2) is 59.1 Å². The summed E-state index contributed by atoms with van der Waals surface area (Å²) in [6.45, 7) is 1.97. The lowest BCUT2D eigenvalue weighted by Gasteiger charge is -2.38. The SMILES string of the molecule is COc1cccc([C@H]2CC(=O)N3C(=C2C#N)SC[C@]3(O)c2ccc(C)cc2)c1. The van der Waals surface area contributed by atoms with Crippen molar-refractivity contribution in [2.45, 2.75) is 25.0 Å². The van der Waals surface area contributed by atoms with Gasteiger partial charge in [-0.15, -0.1) is 11.8 Å². The monoisotopic (exact) mass is 392 g/mol. The molecule has 0 saturated carbocycles. The number of methoxy groups -OCH3 is 1. The first-order valence-corrected chi connectivity index (χ1v) is 10.00. The van der Waals surface area contributed by atoms with Gasteiger partial charge in [0.25, 0.3) is 0 Å². The molecule has 2 atom stereocenters. The third-order valence-electron chi connectivity index (χ3n) is 5.32. The van der Waals surface area contributed by atoms with Crippen LogP contribution in [0.5, 0.6) is 5.75 Å². The van der Waals surface area contributed by atoms with Crippen LogP contribution in [0.1, 0.15) is 29.0 Å². The predicted molar refractivity (Wildman–Crippen MR) is 107 cm³/mol. The quantitative estimate of drug-likeness (QED) is 0.863. The van der Waals surface area contributed by atoms with E-state index in [-0.39, 0.29) is 18.2 Å². The van der Waals surface area contributed by atoms with Gasteiger partial charge in [-0.25, -0.2) is 0 Å². The van der Waals surface area contributed by atoms with E-state index in [9.17, 15) is 15.2 Å². The molecule has 0 aromatic heterocycles. The molecule has 5 nitrogen and oxygen atoms in total. The molecule has 2 heterocycles. The molecular weight excluding hydrogens is 372 g/mol. The molecule has 0 unspecified atom stereocenters. The number of hydrogen-bond acceptors (Lipinski definition) is 5. The Balaban J connectivity index is 1.79. The van der Waals surface area contributed by atoms with Crippen LogP contribution in [0.4, 0.5) is 0 Å². The van der Waals surface area contributed by atoms with Crippen LogP contribution in [-0.4, -0.2) is 28.8 Å². The van der Waals surface area contributed by atoms with Crippen molar-refractivity contribution in [1.29, 1.82) is 5.26 Å². The molecule has 1 amide bonds. The zero-order valence-corrected chi connectivity index (χ0v) is 16.5. The molecule has 6 heteroatoms. The lowest BCUT2D eigenvalue weighted by molar-refractivity contribution is -0.149. The number of ether oxygens (including phenoxy) is 1. The molecule has 2 aromatic rings. The molecule has 2 aromatic carbocycles. The predicted octanol–water partition coefficient (Wildman–Crippen LogP) is 3.65. The number of nitrogens with zero attached hydrogens (tertiary/aromatic N) is 2. The maximum Gasteiger partial charge on any atom is 0.231 e. The fourth-order valence-corrected chi connectivity index (χ4v) is 5.16. The van der Waals surface area contributed by atoms with E-state index in [1.54, 1.807) is 7.11 Å². The Morgan fingerprint density at radius 2 is 2.04 bits per heavy atom. The molecule has 28 heavy (non-hydrogen) atoms. The minimum Gasteiger partial charge on any atom is -0.497 e. The Hall–Kier alpha value is -2.75. The first-order valence-electron chi connectivity index (χ1n) is 9.01. The van der Waals surface area contributed by atoms with E-state index in [1.165, 1.54) is 16.7 Å². The number of fused-ring (bicyclic) bond motifs is 1. The van der Waals surface area contributed by atoms with E-state index in [4.69, 9.17) is 4.74 Å². The van der Waals surface area contributed by atoms with Crippen LogP contribution in [0, 0.1) is 18.3 Å². The summed E-state index contributed by atoms with van der Waals surface area (Å²) in [5.74, 6) is 0.458. The van der Waals surface area contributed by atoms with Crippen molar-refractivity contribution in [2.24, 2.45) is 0 Å². The molecule has 1 saturated heterocycles. The zero-order chi connectivity index (χ0) is 19.9. The van der Waals surface area contributed by atoms with Crippen LogP contribution in [-0.2, 0) is 10.5 Å².